The van der Waals surface area contributed by atoms with Crippen LogP contribution in [0.1, 0.15) is 20.7 Å². The maximum atomic E-state index is 11.5. The lowest BCUT2D eigenvalue weighted by atomic mass is 9.95. The summed E-state index contributed by atoms with van der Waals surface area (Å²) in [6, 6.07) is 6.72. The van der Waals surface area contributed by atoms with Gasteiger partial charge in [-0.1, -0.05) is 24.3 Å². The molecule has 0 spiro atoms. The van der Waals surface area contributed by atoms with Crippen LogP contribution in [-0.4, -0.2) is 11.6 Å². The SMILES string of the molecule is O=C1[C]=C(Br)C(=O)c2ccccc21. The number of hydrogen-bond acceptors (Lipinski definition) is 2. The molecule has 0 aromatic heterocycles. The highest BCUT2D eigenvalue weighted by Crippen LogP contribution is 2.23. The van der Waals surface area contributed by atoms with Gasteiger partial charge in [-0.2, -0.15) is 0 Å². The van der Waals surface area contributed by atoms with Gasteiger partial charge in [0.25, 0.3) is 0 Å². The van der Waals surface area contributed by atoms with Gasteiger partial charge < -0.3 is 0 Å². The normalized spacial score (nSPS) is 15.3. The Kier molecular flexibility index (Phi) is 1.88. The van der Waals surface area contributed by atoms with Crippen molar-refractivity contribution in [1.29, 1.82) is 0 Å². The van der Waals surface area contributed by atoms with Gasteiger partial charge in [0.2, 0.25) is 5.78 Å². The van der Waals surface area contributed by atoms with Crippen LogP contribution >= 0.6 is 15.9 Å². The molecule has 3 heteroatoms. The maximum absolute atomic E-state index is 11.5. The van der Waals surface area contributed by atoms with Crippen molar-refractivity contribution in [1.82, 2.24) is 0 Å². The number of fused-ring (bicyclic) bond motifs is 1. The first-order valence-corrected chi connectivity index (χ1v) is 4.47. The van der Waals surface area contributed by atoms with E-state index in [0.717, 1.165) is 0 Å². The summed E-state index contributed by atoms with van der Waals surface area (Å²) in [6.07, 6.45) is 2.43. The minimum absolute atomic E-state index is 0.185. The molecule has 13 heavy (non-hydrogen) atoms. The third-order valence-electron chi connectivity index (χ3n) is 1.84. The van der Waals surface area contributed by atoms with Gasteiger partial charge in [-0.15, -0.1) is 0 Å². The average molecular weight is 236 g/mol. The summed E-state index contributed by atoms with van der Waals surface area (Å²) in [5.41, 5.74) is 0.869. The van der Waals surface area contributed by atoms with E-state index >= 15 is 0 Å². The highest BCUT2D eigenvalue weighted by atomic mass is 79.9. The lowest BCUT2D eigenvalue weighted by molar-refractivity contribution is 0.0986. The molecule has 1 aliphatic carbocycles. The Morgan fingerprint density at radius 2 is 1.69 bits per heavy atom. The molecular formula is C10H4BrO2. The van der Waals surface area contributed by atoms with E-state index in [4.69, 9.17) is 0 Å². The molecule has 0 fully saturated rings. The number of Topliss-reactive ketones (excluding diaryl/α,β-unsaturated/α-hetero) is 2. The summed E-state index contributed by atoms with van der Waals surface area (Å²) in [6.45, 7) is 0. The van der Waals surface area contributed by atoms with E-state index < -0.39 is 0 Å². The van der Waals surface area contributed by atoms with Crippen molar-refractivity contribution < 1.29 is 9.59 Å². The summed E-state index contributed by atoms with van der Waals surface area (Å²) < 4.78 is 0.205. The summed E-state index contributed by atoms with van der Waals surface area (Å²) in [5.74, 6) is -0.433. The molecule has 2 rings (SSSR count). The van der Waals surface area contributed by atoms with Crippen molar-refractivity contribution >= 4 is 27.5 Å². The van der Waals surface area contributed by atoms with Crippen molar-refractivity contribution in [2.45, 2.75) is 0 Å². The smallest absolute Gasteiger partial charge is 0.201 e. The number of allylic oxidation sites excluding steroid dienone is 2. The third-order valence-corrected chi connectivity index (χ3v) is 2.40. The van der Waals surface area contributed by atoms with Crippen LogP contribution in [0.4, 0.5) is 0 Å². The summed E-state index contributed by atoms with van der Waals surface area (Å²) in [4.78, 5) is 22.8. The average Bonchev–Trinajstić information content (AvgIpc) is 2.15. The van der Waals surface area contributed by atoms with Crippen LogP contribution in [0.25, 0.3) is 0 Å². The summed E-state index contributed by atoms with van der Waals surface area (Å²) in [5, 5.41) is 0. The van der Waals surface area contributed by atoms with Crippen LogP contribution in [-0.2, 0) is 0 Å². The quantitative estimate of drug-likeness (QED) is 0.691. The Morgan fingerprint density at radius 3 is 2.38 bits per heavy atom. The first-order valence-electron chi connectivity index (χ1n) is 3.67. The number of benzene rings is 1. The molecule has 63 valence electrons. The molecule has 0 aliphatic heterocycles. The van der Waals surface area contributed by atoms with Crippen LogP contribution in [0.2, 0.25) is 0 Å². The van der Waals surface area contributed by atoms with E-state index in [0.29, 0.717) is 11.1 Å². The highest BCUT2D eigenvalue weighted by molar-refractivity contribution is 9.12. The van der Waals surface area contributed by atoms with Crippen molar-refractivity contribution in [2.75, 3.05) is 0 Å². The van der Waals surface area contributed by atoms with Gasteiger partial charge in [0, 0.05) is 11.1 Å². The number of halogens is 1. The van der Waals surface area contributed by atoms with E-state index in [2.05, 4.69) is 22.0 Å². The molecule has 0 N–H and O–H groups in total. The number of carbonyl (C=O) groups excluding carboxylic acids is 2. The molecule has 0 atom stereocenters. The Bertz CT molecular complexity index is 432. The van der Waals surface area contributed by atoms with E-state index in [-0.39, 0.29) is 16.0 Å². The van der Waals surface area contributed by atoms with Crippen molar-refractivity contribution in [2.24, 2.45) is 0 Å². The largest absolute Gasteiger partial charge is 0.289 e. The van der Waals surface area contributed by atoms with Gasteiger partial charge in [-0.25, -0.2) is 0 Å². The fraction of sp³-hybridized carbons (Fsp3) is 0. The first kappa shape index (κ1) is 8.38. The van der Waals surface area contributed by atoms with Gasteiger partial charge in [0.1, 0.15) is 0 Å². The van der Waals surface area contributed by atoms with Crippen LogP contribution in [0.5, 0.6) is 0 Å². The van der Waals surface area contributed by atoms with E-state index in [1.54, 1.807) is 24.3 Å². The molecule has 1 aliphatic rings. The second-order valence-corrected chi connectivity index (χ2v) is 3.44. The standard InChI is InChI=1S/C10H4BrO2/c11-8-5-9(12)6-3-1-2-4-7(6)10(8)13/h1-4H. The maximum Gasteiger partial charge on any atom is 0.201 e. The van der Waals surface area contributed by atoms with E-state index in [1.165, 1.54) is 0 Å². The Balaban J connectivity index is 2.69. The van der Waals surface area contributed by atoms with Crippen LogP contribution in [0.3, 0.4) is 0 Å². The molecule has 1 aromatic rings. The van der Waals surface area contributed by atoms with Gasteiger partial charge in [-0.3, -0.25) is 9.59 Å². The summed E-state index contributed by atoms with van der Waals surface area (Å²) >= 11 is 3.00. The third kappa shape index (κ3) is 1.25. The second kappa shape index (κ2) is 2.92. The van der Waals surface area contributed by atoms with Crippen LogP contribution < -0.4 is 0 Å². The highest BCUT2D eigenvalue weighted by Gasteiger charge is 2.23. The molecule has 0 bridgehead atoms. The molecule has 1 aromatic carbocycles. The van der Waals surface area contributed by atoms with Crippen LogP contribution in [0, 0.1) is 6.08 Å². The monoisotopic (exact) mass is 235 g/mol. The van der Waals surface area contributed by atoms with E-state index in [9.17, 15) is 9.59 Å². The minimum atomic E-state index is -0.248. The zero-order valence-electron chi connectivity index (χ0n) is 6.50. The molecule has 1 radical (unpaired) electrons. The number of ketones is 2. The zero-order chi connectivity index (χ0) is 9.42. The van der Waals surface area contributed by atoms with Crippen molar-refractivity contribution in [3.8, 4) is 0 Å². The summed E-state index contributed by atoms with van der Waals surface area (Å²) in [7, 11) is 0. The van der Waals surface area contributed by atoms with Gasteiger partial charge in [-0.05, 0) is 15.9 Å². The molecule has 0 amide bonds. The van der Waals surface area contributed by atoms with Crippen molar-refractivity contribution in [3.63, 3.8) is 0 Å². The Morgan fingerprint density at radius 1 is 1.08 bits per heavy atom. The zero-order valence-corrected chi connectivity index (χ0v) is 8.09. The van der Waals surface area contributed by atoms with Crippen molar-refractivity contribution in [3.05, 3.63) is 46.0 Å². The first-order chi connectivity index (χ1) is 6.20. The predicted octanol–water partition coefficient (Wildman–Crippen LogP) is 2.15. The molecule has 0 saturated heterocycles. The fourth-order valence-electron chi connectivity index (χ4n) is 1.22. The molecule has 2 nitrogen and oxygen atoms in total. The Labute approximate surface area is 83.4 Å². The fourth-order valence-corrected chi connectivity index (χ4v) is 1.61. The molecular weight excluding hydrogens is 232 g/mol. The molecule has 0 unspecified atom stereocenters. The topological polar surface area (TPSA) is 34.1 Å². The number of hydrogen-bond donors (Lipinski definition) is 0. The van der Waals surface area contributed by atoms with Gasteiger partial charge >= 0.3 is 0 Å². The van der Waals surface area contributed by atoms with Crippen LogP contribution in [0.15, 0.2) is 28.7 Å². The lowest BCUT2D eigenvalue weighted by Crippen LogP contribution is -2.14. The lowest BCUT2D eigenvalue weighted by Gasteiger charge is -2.09. The number of carbonyl (C=O) groups is 2. The number of rotatable bonds is 0. The molecule has 0 heterocycles. The predicted molar refractivity (Wildman–Crippen MR) is 50.8 cm³/mol. The second-order valence-electron chi connectivity index (χ2n) is 2.64. The molecule has 0 saturated carbocycles. The minimum Gasteiger partial charge on any atom is -0.289 e. The van der Waals surface area contributed by atoms with Gasteiger partial charge in [0.15, 0.2) is 5.78 Å². The van der Waals surface area contributed by atoms with E-state index in [1.807, 2.05) is 0 Å². The van der Waals surface area contributed by atoms with Gasteiger partial charge in [0.05, 0.1) is 10.6 Å². The Hall–Kier alpha value is -1.22.